The molecule has 2 aromatic carbocycles. The highest BCUT2D eigenvalue weighted by molar-refractivity contribution is 5.34. The minimum Gasteiger partial charge on any atom is -0.489 e. The molecule has 0 aliphatic heterocycles. The Hall–Kier alpha value is -2.74. The van der Waals surface area contributed by atoms with Gasteiger partial charge in [-0.05, 0) is 23.3 Å². The molecule has 0 atom stereocenters. The standard InChI is InChI=1S/C20H20O2/c1-3-9-17(4-2)15-21-19-12-8-13-20(14-19)22-16-18-10-6-5-7-11-18/h3-14H,1-2,15-16H2/b17-9+. The second kappa shape index (κ2) is 8.53. The average molecular weight is 292 g/mol. The summed E-state index contributed by atoms with van der Waals surface area (Å²) in [5.41, 5.74) is 2.11. The van der Waals surface area contributed by atoms with E-state index in [0.717, 1.165) is 22.6 Å². The van der Waals surface area contributed by atoms with E-state index in [2.05, 4.69) is 13.2 Å². The first-order valence-electron chi connectivity index (χ1n) is 7.15. The van der Waals surface area contributed by atoms with Crippen molar-refractivity contribution in [2.75, 3.05) is 6.61 Å². The topological polar surface area (TPSA) is 18.5 Å². The summed E-state index contributed by atoms with van der Waals surface area (Å²) in [6.07, 6.45) is 5.36. The van der Waals surface area contributed by atoms with E-state index in [1.54, 1.807) is 12.2 Å². The van der Waals surface area contributed by atoms with Crippen LogP contribution in [0.2, 0.25) is 0 Å². The van der Waals surface area contributed by atoms with Gasteiger partial charge in [0, 0.05) is 6.07 Å². The van der Waals surface area contributed by atoms with Crippen LogP contribution in [0.4, 0.5) is 0 Å². The molecule has 0 saturated carbocycles. The van der Waals surface area contributed by atoms with Crippen LogP contribution in [0.15, 0.2) is 91.6 Å². The van der Waals surface area contributed by atoms with Gasteiger partial charge in [0.15, 0.2) is 0 Å². The maximum Gasteiger partial charge on any atom is 0.123 e. The first-order valence-corrected chi connectivity index (χ1v) is 7.15. The number of rotatable bonds is 8. The molecular weight excluding hydrogens is 272 g/mol. The third-order valence-corrected chi connectivity index (χ3v) is 3.05. The zero-order valence-electron chi connectivity index (χ0n) is 12.6. The van der Waals surface area contributed by atoms with Gasteiger partial charge in [-0.1, -0.05) is 67.8 Å². The van der Waals surface area contributed by atoms with Gasteiger partial charge in [0.1, 0.15) is 24.7 Å². The van der Waals surface area contributed by atoms with Gasteiger partial charge in [-0.25, -0.2) is 0 Å². The highest BCUT2D eigenvalue weighted by atomic mass is 16.5. The fourth-order valence-corrected chi connectivity index (χ4v) is 1.89. The molecule has 2 aromatic rings. The van der Waals surface area contributed by atoms with Gasteiger partial charge in [0.2, 0.25) is 0 Å². The highest BCUT2D eigenvalue weighted by Crippen LogP contribution is 2.21. The van der Waals surface area contributed by atoms with Gasteiger partial charge in [0.25, 0.3) is 0 Å². The molecule has 0 unspecified atom stereocenters. The van der Waals surface area contributed by atoms with Gasteiger partial charge in [0.05, 0.1) is 0 Å². The van der Waals surface area contributed by atoms with E-state index in [1.165, 1.54) is 0 Å². The van der Waals surface area contributed by atoms with Crippen molar-refractivity contribution in [3.05, 3.63) is 97.1 Å². The lowest BCUT2D eigenvalue weighted by molar-refractivity contribution is 0.301. The molecular formula is C20H20O2. The van der Waals surface area contributed by atoms with E-state index in [9.17, 15) is 0 Å². The maximum absolute atomic E-state index is 5.78. The molecule has 22 heavy (non-hydrogen) atoms. The Morgan fingerprint density at radius 1 is 0.909 bits per heavy atom. The van der Waals surface area contributed by atoms with Crippen molar-refractivity contribution in [1.29, 1.82) is 0 Å². The van der Waals surface area contributed by atoms with Crippen molar-refractivity contribution < 1.29 is 9.47 Å². The Labute approximate surface area is 132 Å². The van der Waals surface area contributed by atoms with Crippen molar-refractivity contribution in [1.82, 2.24) is 0 Å². The lowest BCUT2D eigenvalue weighted by Crippen LogP contribution is -2.00. The summed E-state index contributed by atoms with van der Waals surface area (Å²) in [4.78, 5) is 0. The Morgan fingerprint density at radius 3 is 2.32 bits per heavy atom. The number of benzene rings is 2. The molecule has 0 aliphatic rings. The molecule has 0 spiro atoms. The van der Waals surface area contributed by atoms with Crippen molar-refractivity contribution in [2.45, 2.75) is 6.61 Å². The van der Waals surface area contributed by atoms with E-state index in [0.29, 0.717) is 13.2 Å². The maximum atomic E-state index is 5.78. The van der Waals surface area contributed by atoms with Crippen molar-refractivity contribution in [3.63, 3.8) is 0 Å². The third-order valence-electron chi connectivity index (χ3n) is 3.05. The Balaban J connectivity index is 1.93. The van der Waals surface area contributed by atoms with Crippen LogP contribution in [0.3, 0.4) is 0 Å². The second-order valence-corrected chi connectivity index (χ2v) is 4.72. The molecule has 0 amide bonds. The number of hydrogen-bond donors (Lipinski definition) is 0. The van der Waals surface area contributed by atoms with Crippen molar-refractivity contribution in [2.24, 2.45) is 0 Å². The van der Waals surface area contributed by atoms with Crippen molar-refractivity contribution in [3.8, 4) is 11.5 Å². The molecule has 0 heterocycles. The average Bonchev–Trinajstić information content (AvgIpc) is 2.58. The summed E-state index contributed by atoms with van der Waals surface area (Å²) in [6, 6.07) is 17.7. The van der Waals surface area contributed by atoms with Gasteiger partial charge in [-0.3, -0.25) is 0 Å². The summed E-state index contributed by atoms with van der Waals surface area (Å²) >= 11 is 0. The minimum atomic E-state index is 0.456. The first kappa shape index (κ1) is 15.6. The zero-order valence-corrected chi connectivity index (χ0v) is 12.6. The molecule has 0 radical (unpaired) electrons. The third kappa shape index (κ3) is 4.98. The van der Waals surface area contributed by atoms with Crippen LogP contribution in [-0.2, 0) is 6.61 Å². The van der Waals surface area contributed by atoms with E-state index in [4.69, 9.17) is 9.47 Å². The fourth-order valence-electron chi connectivity index (χ4n) is 1.89. The van der Waals surface area contributed by atoms with Crippen LogP contribution >= 0.6 is 0 Å². The predicted molar refractivity (Wildman–Crippen MR) is 91.2 cm³/mol. The fraction of sp³-hybridized carbons (Fsp3) is 0.100. The summed E-state index contributed by atoms with van der Waals surface area (Å²) in [7, 11) is 0. The largest absolute Gasteiger partial charge is 0.489 e. The normalized spacial score (nSPS) is 10.8. The van der Waals surface area contributed by atoms with E-state index >= 15 is 0 Å². The monoisotopic (exact) mass is 292 g/mol. The molecule has 0 fully saturated rings. The molecule has 2 rings (SSSR count). The zero-order chi connectivity index (χ0) is 15.6. The van der Waals surface area contributed by atoms with E-state index < -0.39 is 0 Å². The molecule has 0 N–H and O–H groups in total. The van der Waals surface area contributed by atoms with Gasteiger partial charge in [-0.2, -0.15) is 0 Å². The second-order valence-electron chi connectivity index (χ2n) is 4.72. The lowest BCUT2D eigenvalue weighted by Gasteiger charge is -2.10. The summed E-state index contributed by atoms with van der Waals surface area (Å²) in [6.45, 7) is 8.42. The number of hydrogen-bond acceptors (Lipinski definition) is 2. The van der Waals surface area contributed by atoms with Gasteiger partial charge >= 0.3 is 0 Å². The number of ether oxygens (including phenoxy) is 2. The van der Waals surface area contributed by atoms with Crippen LogP contribution in [0.1, 0.15) is 5.56 Å². The van der Waals surface area contributed by atoms with E-state index in [-0.39, 0.29) is 0 Å². The molecule has 112 valence electrons. The SMILES string of the molecule is C=C/C=C(\C=C)COc1cccc(OCc2ccccc2)c1. The number of allylic oxidation sites excluding steroid dienone is 2. The quantitative estimate of drug-likeness (QED) is 0.641. The summed E-state index contributed by atoms with van der Waals surface area (Å²) < 4.78 is 11.5. The molecule has 0 aliphatic carbocycles. The van der Waals surface area contributed by atoms with Gasteiger partial charge in [-0.15, -0.1) is 0 Å². The van der Waals surface area contributed by atoms with Crippen LogP contribution in [0.25, 0.3) is 0 Å². The summed E-state index contributed by atoms with van der Waals surface area (Å²) in [5, 5.41) is 0. The minimum absolute atomic E-state index is 0.456. The Kier molecular flexibility index (Phi) is 6.06. The van der Waals surface area contributed by atoms with E-state index in [1.807, 2.05) is 60.7 Å². The molecule has 2 nitrogen and oxygen atoms in total. The highest BCUT2D eigenvalue weighted by Gasteiger charge is 2.00. The first-order chi connectivity index (χ1) is 10.8. The van der Waals surface area contributed by atoms with Crippen LogP contribution < -0.4 is 9.47 Å². The van der Waals surface area contributed by atoms with Crippen LogP contribution in [0.5, 0.6) is 11.5 Å². The lowest BCUT2D eigenvalue weighted by atomic mass is 10.2. The molecule has 0 bridgehead atoms. The van der Waals surface area contributed by atoms with Crippen molar-refractivity contribution >= 4 is 0 Å². The van der Waals surface area contributed by atoms with Crippen LogP contribution in [0, 0.1) is 0 Å². The predicted octanol–water partition coefficient (Wildman–Crippen LogP) is 4.94. The molecule has 0 saturated heterocycles. The molecule has 2 heteroatoms. The van der Waals surface area contributed by atoms with Gasteiger partial charge < -0.3 is 9.47 Å². The Morgan fingerprint density at radius 2 is 1.64 bits per heavy atom. The smallest absolute Gasteiger partial charge is 0.123 e. The molecule has 0 aromatic heterocycles. The van der Waals surface area contributed by atoms with Crippen LogP contribution in [-0.4, -0.2) is 6.61 Å². The Bertz CT molecular complexity index is 642. The summed E-state index contributed by atoms with van der Waals surface area (Å²) in [5.74, 6) is 1.55.